The molecule has 2 aliphatic rings. The first-order valence-corrected chi connectivity index (χ1v) is 11.0. The number of amides is 1. The Morgan fingerprint density at radius 2 is 1.87 bits per heavy atom. The first-order chi connectivity index (χ1) is 14.4. The lowest BCUT2D eigenvalue weighted by atomic mass is 9.80. The number of benzene rings is 2. The summed E-state index contributed by atoms with van der Waals surface area (Å²) >= 11 is 0. The van der Waals surface area contributed by atoms with Crippen molar-refractivity contribution in [3.05, 3.63) is 65.0 Å². The molecule has 0 saturated carbocycles. The molecule has 1 fully saturated rings. The maximum absolute atomic E-state index is 13.4. The highest BCUT2D eigenvalue weighted by Gasteiger charge is 2.37. The highest BCUT2D eigenvalue weighted by Crippen LogP contribution is 2.35. The van der Waals surface area contributed by atoms with Crippen molar-refractivity contribution >= 4 is 11.6 Å². The molecule has 0 aliphatic carbocycles. The van der Waals surface area contributed by atoms with Gasteiger partial charge in [0.25, 0.3) is 0 Å². The summed E-state index contributed by atoms with van der Waals surface area (Å²) < 4.78 is 13.4. The van der Waals surface area contributed by atoms with Crippen molar-refractivity contribution in [3.63, 3.8) is 0 Å². The largest absolute Gasteiger partial charge is 0.372 e. The summed E-state index contributed by atoms with van der Waals surface area (Å²) in [7, 11) is 2.18. The van der Waals surface area contributed by atoms with E-state index in [1.165, 1.54) is 35.4 Å². The van der Waals surface area contributed by atoms with Crippen LogP contribution in [0.2, 0.25) is 0 Å². The molecule has 1 saturated heterocycles. The predicted molar refractivity (Wildman–Crippen MR) is 119 cm³/mol. The van der Waals surface area contributed by atoms with Crippen molar-refractivity contribution < 1.29 is 9.18 Å². The Balaban J connectivity index is 1.45. The number of rotatable bonds is 4. The minimum Gasteiger partial charge on any atom is -0.372 e. The fourth-order valence-corrected chi connectivity index (χ4v) is 5.02. The number of hydrogen-bond acceptors (Lipinski definition) is 3. The quantitative estimate of drug-likeness (QED) is 0.821. The molecule has 160 valence electrons. The Labute approximate surface area is 179 Å². The van der Waals surface area contributed by atoms with Gasteiger partial charge >= 0.3 is 0 Å². The molecule has 2 aromatic rings. The van der Waals surface area contributed by atoms with E-state index in [0.29, 0.717) is 6.04 Å². The van der Waals surface area contributed by atoms with Crippen molar-refractivity contribution in [1.29, 1.82) is 0 Å². The second kappa shape index (κ2) is 8.38. The van der Waals surface area contributed by atoms with Gasteiger partial charge in [0.05, 0.1) is 5.54 Å². The number of halogens is 1. The maximum atomic E-state index is 13.4. The summed E-state index contributed by atoms with van der Waals surface area (Å²) in [6.45, 7) is 6.55. The molecule has 0 spiro atoms. The van der Waals surface area contributed by atoms with E-state index in [1.54, 1.807) is 6.92 Å². The summed E-state index contributed by atoms with van der Waals surface area (Å²) in [6, 6.07) is 14.1. The Morgan fingerprint density at radius 3 is 2.53 bits per heavy atom. The Hall–Kier alpha value is -2.40. The Morgan fingerprint density at radius 1 is 1.17 bits per heavy atom. The molecule has 30 heavy (non-hydrogen) atoms. The fourth-order valence-electron chi connectivity index (χ4n) is 5.02. The lowest BCUT2D eigenvalue weighted by molar-refractivity contribution is -0.121. The monoisotopic (exact) mass is 409 g/mol. The third kappa shape index (κ3) is 4.22. The molecule has 1 amide bonds. The van der Waals surface area contributed by atoms with Crippen LogP contribution in [-0.2, 0) is 23.3 Å². The van der Waals surface area contributed by atoms with Gasteiger partial charge in [0.1, 0.15) is 5.82 Å². The van der Waals surface area contributed by atoms with Crippen molar-refractivity contribution in [2.24, 2.45) is 0 Å². The number of fused-ring (bicyclic) bond motifs is 1. The summed E-state index contributed by atoms with van der Waals surface area (Å²) in [5, 5.41) is 3.17. The van der Waals surface area contributed by atoms with Crippen molar-refractivity contribution in [2.45, 2.75) is 57.7 Å². The molecule has 0 unspecified atom stereocenters. The number of likely N-dealkylation sites (tertiary alicyclic amines) is 1. The first-order valence-electron chi connectivity index (χ1n) is 11.0. The number of carbonyl (C=O) groups excluding carboxylic acids is 1. The molecule has 0 bridgehead atoms. The van der Waals surface area contributed by atoms with E-state index < -0.39 is 5.54 Å². The van der Waals surface area contributed by atoms with Crippen LogP contribution < -0.4 is 10.2 Å². The van der Waals surface area contributed by atoms with E-state index in [-0.39, 0.29) is 11.7 Å². The van der Waals surface area contributed by atoms with Gasteiger partial charge in [-0.1, -0.05) is 24.3 Å². The Kier molecular flexibility index (Phi) is 5.83. The summed E-state index contributed by atoms with van der Waals surface area (Å²) in [5.74, 6) is -0.289. The Bertz CT molecular complexity index is 903. The van der Waals surface area contributed by atoms with Crippen LogP contribution in [0.1, 0.15) is 49.8 Å². The smallest absolute Gasteiger partial charge is 0.217 e. The molecular weight excluding hydrogens is 377 g/mol. The molecule has 0 radical (unpaired) electrons. The molecule has 1 atom stereocenters. The normalized spacial score (nSPS) is 21.2. The molecule has 4 rings (SSSR count). The maximum Gasteiger partial charge on any atom is 0.217 e. The van der Waals surface area contributed by atoms with Gasteiger partial charge in [0, 0.05) is 45.3 Å². The van der Waals surface area contributed by atoms with Crippen LogP contribution in [-0.4, -0.2) is 37.0 Å². The molecule has 5 heteroatoms. The van der Waals surface area contributed by atoms with Gasteiger partial charge in [0.2, 0.25) is 5.91 Å². The lowest BCUT2D eigenvalue weighted by Crippen LogP contribution is -2.52. The predicted octanol–water partition coefficient (Wildman–Crippen LogP) is 4.22. The molecule has 4 nitrogen and oxygen atoms in total. The molecule has 2 aliphatic heterocycles. The van der Waals surface area contributed by atoms with Crippen LogP contribution in [0.15, 0.2) is 42.5 Å². The standard InChI is InChI=1S/C25H32FN3O/c1-18-4-6-21-16-20(5-11-24(21)28(18)3)17-29-14-12-25(13-15-29,27-19(2)30)22-7-9-23(26)10-8-22/h5,7-11,16,18H,4,6,12-15,17H2,1-3H3,(H,27,30)/t18-/m0/s1. The number of aryl methyl sites for hydroxylation is 1. The highest BCUT2D eigenvalue weighted by atomic mass is 19.1. The van der Waals surface area contributed by atoms with E-state index in [1.807, 2.05) is 12.1 Å². The number of nitrogens with zero attached hydrogens (tertiary/aromatic N) is 2. The van der Waals surface area contributed by atoms with Gasteiger partial charge in [-0.3, -0.25) is 9.69 Å². The van der Waals surface area contributed by atoms with E-state index in [4.69, 9.17) is 0 Å². The third-order valence-electron chi connectivity index (χ3n) is 6.94. The SMILES string of the molecule is CC(=O)NC1(c2ccc(F)cc2)CCN(Cc2ccc3c(c2)CC[C@H](C)N3C)CC1. The number of carbonyl (C=O) groups is 1. The zero-order valence-corrected chi connectivity index (χ0v) is 18.2. The summed E-state index contributed by atoms with van der Waals surface area (Å²) in [4.78, 5) is 16.8. The summed E-state index contributed by atoms with van der Waals surface area (Å²) in [5.41, 5.74) is 4.74. The second-order valence-corrected chi connectivity index (χ2v) is 9.01. The average Bonchev–Trinajstić information content (AvgIpc) is 2.72. The van der Waals surface area contributed by atoms with E-state index in [9.17, 15) is 9.18 Å². The van der Waals surface area contributed by atoms with Gasteiger partial charge in [-0.15, -0.1) is 0 Å². The topological polar surface area (TPSA) is 35.6 Å². The van der Waals surface area contributed by atoms with Crippen LogP contribution in [0.5, 0.6) is 0 Å². The van der Waals surface area contributed by atoms with Gasteiger partial charge in [-0.05, 0) is 67.5 Å². The average molecular weight is 410 g/mol. The van der Waals surface area contributed by atoms with Crippen LogP contribution in [0.4, 0.5) is 10.1 Å². The number of piperidine rings is 1. The zero-order chi connectivity index (χ0) is 21.3. The number of nitrogens with one attached hydrogen (secondary N) is 1. The van der Waals surface area contributed by atoms with E-state index in [2.05, 4.69) is 47.3 Å². The van der Waals surface area contributed by atoms with Crippen LogP contribution >= 0.6 is 0 Å². The zero-order valence-electron chi connectivity index (χ0n) is 18.2. The molecular formula is C25H32FN3O. The summed E-state index contributed by atoms with van der Waals surface area (Å²) in [6.07, 6.45) is 3.99. The van der Waals surface area contributed by atoms with Crippen molar-refractivity contribution in [1.82, 2.24) is 10.2 Å². The lowest BCUT2D eigenvalue weighted by Gasteiger charge is -2.43. The van der Waals surface area contributed by atoms with E-state index >= 15 is 0 Å². The van der Waals surface area contributed by atoms with Gasteiger partial charge < -0.3 is 10.2 Å². The van der Waals surface area contributed by atoms with Gasteiger partial charge in [-0.25, -0.2) is 4.39 Å². The highest BCUT2D eigenvalue weighted by molar-refractivity contribution is 5.74. The van der Waals surface area contributed by atoms with Crippen LogP contribution in [0, 0.1) is 5.82 Å². The first kappa shape index (κ1) is 20.9. The van der Waals surface area contributed by atoms with Gasteiger partial charge in [-0.2, -0.15) is 0 Å². The third-order valence-corrected chi connectivity index (χ3v) is 6.94. The van der Waals surface area contributed by atoms with Crippen molar-refractivity contribution in [2.75, 3.05) is 25.0 Å². The fraction of sp³-hybridized carbons (Fsp3) is 0.480. The van der Waals surface area contributed by atoms with Crippen LogP contribution in [0.25, 0.3) is 0 Å². The molecule has 1 N–H and O–H groups in total. The minimum atomic E-state index is -0.412. The molecule has 2 aromatic carbocycles. The van der Waals surface area contributed by atoms with Crippen molar-refractivity contribution in [3.8, 4) is 0 Å². The van der Waals surface area contributed by atoms with Crippen LogP contribution in [0.3, 0.4) is 0 Å². The molecule has 0 aromatic heterocycles. The second-order valence-electron chi connectivity index (χ2n) is 9.01. The molecule has 2 heterocycles. The minimum absolute atomic E-state index is 0.0409. The van der Waals surface area contributed by atoms with Gasteiger partial charge in [0.15, 0.2) is 0 Å². The number of anilines is 1. The number of hydrogen-bond donors (Lipinski definition) is 1. The van der Waals surface area contributed by atoms with E-state index in [0.717, 1.165) is 44.5 Å².